The molecule has 3 rings (SSSR count). The molecule has 82 valence electrons. The fourth-order valence-electron chi connectivity index (χ4n) is 1.77. The molecule has 0 aliphatic carbocycles. The second-order valence-corrected chi connectivity index (χ2v) is 4.49. The van der Waals surface area contributed by atoms with Crippen LogP contribution in [0.2, 0.25) is 0 Å². The molecule has 0 spiro atoms. The van der Waals surface area contributed by atoms with Gasteiger partial charge in [0.25, 0.3) is 0 Å². The van der Waals surface area contributed by atoms with E-state index in [0.29, 0.717) is 0 Å². The van der Waals surface area contributed by atoms with Crippen LogP contribution in [0.3, 0.4) is 0 Å². The summed E-state index contributed by atoms with van der Waals surface area (Å²) in [5.74, 6) is 0. The van der Waals surface area contributed by atoms with E-state index in [4.69, 9.17) is 0 Å². The van der Waals surface area contributed by atoms with E-state index >= 15 is 0 Å². The summed E-state index contributed by atoms with van der Waals surface area (Å²) < 4.78 is 0. The SMILES string of the molecule is c1ccc(-c2ccccc2-c2nccs2)nc1. The maximum Gasteiger partial charge on any atom is 0.123 e. The fraction of sp³-hybridized carbons (Fsp3) is 0. The Kier molecular flexibility index (Phi) is 2.68. The summed E-state index contributed by atoms with van der Waals surface area (Å²) in [7, 11) is 0. The number of aromatic nitrogens is 2. The molecule has 2 aromatic heterocycles. The van der Waals surface area contributed by atoms with Gasteiger partial charge in [-0.15, -0.1) is 11.3 Å². The van der Waals surface area contributed by atoms with Crippen molar-refractivity contribution in [2.24, 2.45) is 0 Å². The van der Waals surface area contributed by atoms with Crippen molar-refractivity contribution in [2.75, 3.05) is 0 Å². The van der Waals surface area contributed by atoms with Crippen molar-refractivity contribution >= 4 is 11.3 Å². The Bertz CT molecular complexity index is 603. The van der Waals surface area contributed by atoms with Gasteiger partial charge in [-0.1, -0.05) is 30.3 Å². The van der Waals surface area contributed by atoms with Crippen LogP contribution < -0.4 is 0 Å². The Morgan fingerprint density at radius 2 is 1.59 bits per heavy atom. The van der Waals surface area contributed by atoms with Crippen molar-refractivity contribution in [1.82, 2.24) is 9.97 Å². The van der Waals surface area contributed by atoms with E-state index < -0.39 is 0 Å². The Labute approximate surface area is 104 Å². The molecule has 1 aromatic carbocycles. The largest absolute Gasteiger partial charge is 0.256 e. The predicted molar refractivity (Wildman–Crippen MR) is 70.8 cm³/mol. The molecule has 3 heteroatoms. The van der Waals surface area contributed by atoms with Gasteiger partial charge < -0.3 is 0 Å². The highest BCUT2D eigenvalue weighted by atomic mass is 32.1. The number of nitrogens with zero attached hydrogens (tertiary/aromatic N) is 2. The normalized spacial score (nSPS) is 10.4. The van der Waals surface area contributed by atoms with Crippen LogP contribution in [0.1, 0.15) is 0 Å². The second kappa shape index (κ2) is 4.47. The zero-order chi connectivity index (χ0) is 11.5. The lowest BCUT2D eigenvalue weighted by Crippen LogP contribution is -1.86. The van der Waals surface area contributed by atoms with Crippen molar-refractivity contribution in [3.05, 3.63) is 60.2 Å². The Balaban J connectivity index is 2.18. The molecule has 2 heterocycles. The van der Waals surface area contributed by atoms with Gasteiger partial charge in [-0.05, 0) is 12.1 Å². The van der Waals surface area contributed by atoms with E-state index in [0.717, 1.165) is 21.8 Å². The Morgan fingerprint density at radius 3 is 2.29 bits per heavy atom. The van der Waals surface area contributed by atoms with E-state index in [-0.39, 0.29) is 0 Å². The summed E-state index contributed by atoms with van der Waals surface area (Å²) in [5, 5.41) is 3.02. The van der Waals surface area contributed by atoms with Crippen molar-refractivity contribution < 1.29 is 0 Å². The van der Waals surface area contributed by atoms with Gasteiger partial charge in [0.1, 0.15) is 5.01 Å². The molecule has 0 saturated heterocycles. The molecule has 0 atom stereocenters. The van der Waals surface area contributed by atoms with Crippen molar-refractivity contribution in [3.63, 3.8) is 0 Å². The van der Waals surface area contributed by atoms with Gasteiger partial charge in [-0.25, -0.2) is 4.98 Å². The van der Waals surface area contributed by atoms with Crippen LogP contribution >= 0.6 is 11.3 Å². The van der Waals surface area contributed by atoms with Crippen LogP contribution in [0.15, 0.2) is 60.2 Å². The summed E-state index contributed by atoms with van der Waals surface area (Å²) in [6.45, 7) is 0. The predicted octanol–water partition coefficient (Wildman–Crippen LogP) is 3.87. The van der Waals surface area contributed by atoms with Crippen molar-refractivity contribution in [2.45, 2.75) is 0 Å². The molecule has 0 N–H and O–H groups in total. The van der Waals surface area contributed by atoms with Gasteiger partial charge >= 0.3 is 0 Å². The molecule has 0 amide bonds. The van der Waals surface area contributed by atoms with E-state index in [1.807, 2.05) is 48.1 Å². The lowest BCUT2D eigenvalue weighted by atomic mass is 10.0. The van der Waals surface area contributed by atoms with Gasteiger partial charge in [-0.3, -0.25) is 4.98 Å². The Morgan fingerprint density at radius 1 is 0.765 bits per heavy atom. The molecule has 0 aliphatic rings. The summed E-state index contributed by atoms with van der Waals surface area (Å²) in [6.07, 6.45) is 3.64. The van der Waals surface area contributed by atoms with Crippen LogP contribution in [0, 0.1) is 0 Å². The van der Waals surface area contributed by atoms with Gasteiger partial charge in [0.2, 0.25) is 0 Å². The number of rotatable bonds is 2. The molecule has 2 nitrogen and oxygen atoms in total. The first-order valence-corrected chi connectivity index (χ1v) is 6.23. The zero-order valence-corrected chi connectivity index (χ0v) is 9.89. The van der Waals surface area contributed by atoms with Gasteiger partial charge in [-0.2, -0.15) is 0 Å². The van der Waals surface area contributed by atoms with Crippen LogP contribution in [0.25, 0.3) is 21.8 Å². The minimum Gasteiger partial charge on any atom is -0.256 e. The number of benzene rings is 1. The number of hydrogen-bond donors (Lipinski definition) is 0. The first kappa shape index (κ1) is 10.2. The van der Waals surface area contributed by atoms with E-state index in [2.05, 4.69) is 22.1 Å². The third-order valence-corrected chi connectivity index (χ3v) is 3.34. The quantitative estimate of drug-likeness (QED) is 0.677. The standard InChI is InChI=1S/C14H10N2S/c1-2-6-12(14-16-9-10-17-14)11(5-1)13-7-3-4-8-15-13/h1-10H. The maximum atomic E-state index is 4.40. The molecule has 0 aliphatic heterocycles. The number of pyridine rings is 1. The molecular formula is C14H10N2S. The third-order valence-electron chi connectivity index (χ3n) is 2.53. The number of thiazole rings is 1. The average molecular weight is 238 g/mol. The summed E-state index contributed by atoms with van der Waals surface area (Å²) >= 11 is 1.65. The van der Waals surface area contributed by atoms with E-state index in [1.165, 1.54) is 0 Å². The molecule has 0 unspecified atom stereocenters. The summed E-state index contributed by atoms with van der Waals surface area (Å²) in [5.41, 5.74) is 3.25. The first-order valence-electron chi connectivity index (χ1n) is 5.35. The highest BCUT2D eigenvalue weighted by Gasteiger charge is 2.08. The van der Waals surface area contributed by atoms with Crippen molar-refractivity contribution in [1.29, 1.82) is 0 Å². The summed E-state index contributed by atoms with van der Waals surface area (Å²) in [6, 6.07) is 14.2. The van der Waals surface area contributed by atoms with Crippen LogP contribution in [0.4, 0.5) is 0 Å². The van der Waals surface area contributed by atoms with Crippen LogP contribution in [-0.4, -0.2) is 9.97 Å². The highest BCUT2D eigenvalue weighted by molar-refractivity contribution is 7.13. The van der Waals surface area contributed by atoms with E-state index in [9.17, 15) is 0 Å². The minimum atomic E-state index is 0.985. The van der Waals surface area contributed by atoms with Crippen LogP contribution in [-0.2, 0) is 0 Å². The third kappa shape index (κ3) is 1.97. The maximum absolute atomic E-state index is 4.40. The lowest BCUT2D eigenvalue weighted by Gasteiger charge is -2.05. The topological polar surface area (TPSA) is 25.8 Å². The van der Waals surface area contributed by atoms with Crippen molar-refractivity contribution in [3.8, 4) is 21.8 Å². The van der Waals surface area contributed by atoms with Gasteiger partial charge in [0, 0.05) is 28.9 Å². The molecular weight excluding hydrogens is 228 g/mol. The lowest BCUT2D eigenvalue weighted by molar-refractivity contribution is 1.32. The molecule has 17 heavy (non-hydrogen) atoms. The highest BCUT2D eigenvalue weighted by Crippen LogP contribution is 2.31. The van der Waals surface area contributed by atoms with Crippen LogP contribution in [0.5, 0.6) is 0 Å². The fourth-order valence-corrected chi connectivity index (χ4v) is 2.45. The average Bonchev–Trinajstić information content (AvgIpc) is 2.94. The van der Waals surface area contributed by atoms with Gasteiger partial charge in [0.05, 0.1) is 5.69 Å². The molecule has 0 saturated carbocycles. The minimum absolute atomic E-state index is 0.985. The molecule has 0 fully saturated rings. The molecule has 0 bridgehead atoms. The monoisotopic (exact) mass is 238 g/mol. The zero-order valence-electron chi connectivity index (χ0n) is 9.08. The molecule has 0 radical (unpaired) electrons. The Hall–Kier alpha value is -2.00. The second-order valence-electron chi connectivity index (χ2n) is 3.60. The molecule has 3 aromatic rings. The smallest absolute Gasteiger partial charge is 0.123 e. The van der Waals surface area contributed by atoms with Gasteiger partial charge in [0.15, 0.2) is 0 Å². The summed E-state index contributed by atoms with van der Waals surface area (Å²) in [4.78, 5) is 8.76. The number of hydrogen-bond acceptors (Lipinski definition) is 3. The first-order chi connectivity index (χ1) is 8.45. The van der Waals surface area contributed by atoms with E-state index in [1.54, 1.807) is 11.3 Å².